The van der Waals surface area contributed by atoms with Crippen LogP contribution >= 0.6 is 0 Å². The van der Waals surface area contributed by atoms with E-state index in [2.05, 4.69) is 35.1 Å². The number of carbonyl (C=O) groups is 1. The van der Waals surface area contributed by atoms with Crippen molar-refractivity contribution in [3.8, 4) is 16.9 Å². The number of nitrogens with one attached hydrogen (secondary N) is 2. The van der Waals surface area contributed by atoms with Gasteiger partial charge in [0.25, 0.3) is 5.91 Å². The highest BCUT2D eigenvalue weighted by Crippen LogP contribution is 2.43. The van der Waals surface area contributed by atoms with Crippen LogP contribution < -0.4 is 15.6 Å². The van der Waals surface area contributed by atoms with E-state index in [1.54, 1.807) is 0 Å². The van der Waals surface area contributed by atoms with Gasteiger partial charge in [-0.1, -0.05) is 97.1 Å². The van der Waals surface area contributed by atoms with Crippen molar-refractivity contribution in [1.82, 2.24) is 10.9 Å². The molecule has 2 aliphatic rings. The number of aliphatic hydroxyl groups excluding tert-OH is 1. The quantitative estimate of drug-likeness (QED) is 0.113. The molecular weight excluding hydrogens is 562 g/mol. The highest BCUT2D eigenvalue weighted by molar-refractivity contribution is 6.01. The Morgan fingerprint density at radius 2 is 1.56 bits per heavy atom. The second kappa shape index (κ2) is 14.4. The summed E-state index contributed by atoms with van der Waals surface area (Å²) in [6.45, 7) is 1.24. The summed E-state index contributed by atoms with van der Waals surface area (Å²) in [7, 11) is 0. The normalized spacial score (nSPS) is 19.2. The number of benzene rings is 4. The molecule has 1 aliphatic carbocycles. The van der Waals surface area contributed by atoms with E-state index in [1.807, 2.05) is 97.1 Å². The highest BCUT2D eigenvalue weighted by atomic mass is 16.5. The molecule has 7 heteroatoms. The average Bonchev–Trinajstić information content (AvgIpc) is 3.84. The van der Waals surface area contributed by atoms with Crippen LogP contribution in [0.4, 0.5) is 0 Å². The molecule has 0 radical (unpaired) electrons. The van der Waals surface area contributed by atoms with Crippen LogP contribution in [0.5, 0.6) is 5.75 Å². The van der Waals surface area contributed by atoms with E-state index in [1.165, 1.54) is 12.8 Å². The van der Waals surface area contributed by atoms with Gasteiger partial charge < -0.3 is 14.6 Å². The lowest BCUT2D eigenvalue weighted by molar-refractivity contribution is -0.129. The molecule has 230 valence electrons. The predicted octanol–water partition coefficient (Wildman–Crippen LogP) is 6.51. The van der Waals surface area contributed by atoms with Crippen LogP contribution in [0.1, 0.15) is 48.5 Å². The number of aliphatic hydroxyl groups is 1. The minimum absolute atomic E-state index is 0.0782. The van der Waals surface area contributed by atoms with Gasteiger partial charge in [-0.2, -0.15) is 0 Å². The van der Waals surface area contributed by atoms with Crippen molar-refractivity contribution in [2.24, 2.45) is 10.9 Å². The number of carbonyl (C=O) groups excluding carboxylic acids is 1. The SMILES string of the molecule is O=C(NNCC1CC1)[C@@]1(C/C=C/c2ccccc2)N=C(c2ccc(OCCCO)cc2)O[C@H]1c1ccc(-c2ccccc2)cc1. The van der Waals surface area contributed by atoms with Crippen molar-refractivity contribution in [3.63, 3.8) is 0 Å². The number of nitrogens with zero attached hydrogens (tertiary/aromatic N) is 1. The van der Waals surface area contributed by atoms with Gasteiger partial charge in [-0.15, -0.1) is 0 Å². The van der Waals surface area contributed by atoms with E-state index < -0.39 is 11.6 Å². The zero-order chi connectivity index (χ0) is 30.9. The van der Waals surface area contributed by atoms with E-state index in [0.29, 0.717) is 37.0 Å². The van der Waals surface area contributed by atoms with Gasteiger partial charge in [-0.05, 0) is 65.3 Å². The zero-order valence-electron chi connectivity index (χ0n) is 25.3. The molecule has 2 atom stereocenters. The Bertz CT molecular complexity index is 1600. The summed E-state index contributed by atoms with van der Waals surface area (Å²) in [6, 6.07) is 35.9. The van der Waals surface area contributed by atoms with Crippen LogP contribution in [-0.2, 0) is 9.53 Å². The van der Waals surface area contributed by atoms with Crippen LogP contribution in [0.3, 0.4) is 0 Å². The summed E-state index contributed by atoms with van der Waals surface area (Å²) >= 11 is 0. The van der Waals surface area contributed by atoms with Gasteiger partial charge in [0.05, 0.1) is 6.61 Å². The standard InChI is InChI=1S/C38H39N3O4/c42-25-8-26-44-34-22-20-33(21-23-34)36-40-38(37(43)41-39-27-29-14-15-29,24-7-11-28-9-3-1-4-10-28)35(45-36)32-18-16-31(17-19-32)30-12-5-2-6-13-30/h1-7,9-13,16-23,29,35,39,42H,8,14-15,24-27H2,(H,41,43)/b11-7+/t35-,38-/m0/s1. The third-order valence-corrected chi connectivity index (χ3v) is 8.18. The van der Waals surface area contributed by atoms with Gasteiger partial charge >= 0.3 is 0 Å². The number of aliphatic imine (C=N–C) groups is 1. The van der Waals surface area contributed by atoms with Gasteiger partial charge in [0.1, 0.15) is 5.75 Å². The fraction of sp³-hybridized carbons (Fsp3) is 0.263. The molecule has 1 amide bonds. The van der Waals surface area contributed by atoms with Gasteiger partial charge in [0.15, 0.2) is 11.6 Å². The second-order valence-electron chi connectivity index (χ2n) is 11.6. The van der Waals surface area contributed by atoms with Gasteiger partial charge in [-0.3, -0.25) is 10.2 Å². The lowest BCUT2D eigenvalue weighted by Gasteiger charge is -2.30. The van der Waals surface area contributed by atoms with Crippen LogP contribution in [0.25, 0.3) is 17.2 Å². The summed E-state index contributed by atoms with van der Waals surface area (Å²) < 4.78 is 12.4. The molecule has 4 aromatic rings. The zero-order valence-corrected chi connectivity index (χ0v) is 25.3. The molecule has 0 bridgehead atoms. The van der Waals surface area contributed by atoms with Crippen molar-refractivity contribution >= 4 is 17.9 Å². The molecule has 45 heavy (non-hydrogen) atoms. The summed E-state index contributed by atoms with van der Waals surface area (Å²) in [5.74, 6) is 1.45. The number of rotatable bonds is 14. The van der Waals surface area contributed by atoms with Gasteiger partial charge in [0, 0.05) is 31.6 Å². The first-order valence-corrected chi connectivity index (χ1v) is 15.7. The molecule has 4 aromatic carbocycles. The molecule has 7 nitrogen and oxygen atoms in total. The molecule has 1 fully saturated rings. The maximum atomic E-state index is 14.2. The predicted molar refractivity (Wildman–Crippen MR) is 178 cm³/mol. The van der Waals surface area contributed by atoms with E-state index in [4.69, 9.17) is 19.6 Å². The van der Waals surface area contributed by atoms with Crippen molar-refractivity contribution in [2.75, 3.05) is 19.8 Å². The molecule has 0 saturated heterocycles. The lowest BCUT2D eigenvalue weighted by atomic mass is 9.84. The number of hydrogen-bond acceptors (Lipinski definition) is 6. The van der Waals surface area contributed by atoms with Crippen molar-refractivity contribution in [2.45, 2.75) is 37.3 Å². The molecule has 0 aromatic heterocycles. The first kappa shape index (κ1) is 30.3. The monoisotopic (exact) mass is 601 g/mol. The lowest BCUT2D eigenvalue weighted by Crippen LogP contribution is -2.52. The fourth-order valence-electron chi connectivity index (χ4n) is 5.44. The summed E-state index contributed by atoms with van der Waals surface area (Å²) in [4.78, 5) is 19.3. The first-order valence-electron chi connectivity index (χ1n) is 15.7. The van der Waals surface area contributed by atoms with E-state index >= 15 is 0 Å². The molecule has 0 spiro atoms. The minimum atomic E-state index is -1.26. The molecule has 1 heterocycles. The van der Waals surface area contributed by atoms with Crippen LogP contribution in [0, 0.1) is 5.92 Å². The fourth-order valence-corrected chi connectivity index (χ4v) is 5.44. The molecule has 1 saturated carbocycles. The third-order valence-electron chi connectivity index (χ3n) is 8.18. The van der Waals surface area contributed by atoms with E-state index in [9.17, 15) is 4.79 Å². The topological polar surface area (TPSA) is 92.2 Å². The highest BCUT2D eigenvalue weighted by Gasteiger charge is 2.52. The Kier molecular flexibility index (Phi) is 9.68. The summed E-state index contributed by atoms with van der Waals surface area (Å²) in [6.07, 6.45) is 6.61. The first-order chi connectivity index (χ1) is 22.1. The van der Waals surface area contributed by atoms with E-state index in [-0.39, 0.29) is 12.5 Å². The second-order valence-corrected chi connectivity index (χ2v) is 11.6. The minimum Gasteiger partial charge on any atom is -0.494 e. The van der Waals surface area contributed by atoms with Crippen LogP contribution in [-0.4, -0.2) is 42.2 Å². The van der Waals surface area contributed by atoms with Crippen molar-refractivity contribution in [1.29, 1.82) is 0 Å². The van der Waals surface area contributed by atoms with Gasteiger partial charge in [-0.25, -0.2) is 10.4 Å². The third kappa shape index (κ3) is 7.51. The molecule has 3 N–H and O–H groups in total. The average molecular weight is 602 g/mol. The van der Waals surface area contributed by atoms with Crippen molar-refractivity contribution in [3.05, 3.63) is 132 Å². The summed E-state index contributed by atoms with van der Waals surface area (Å²) in [5.41, 5.74) is 9.75. The Labute approximate surface area is 264 Å². The maximum absolute atomic E-state index is 14.2. The molecule has 0 unspecified atom stereocenters. The van der Waals surface area contributed by atoms with Gasteiger partial charge in [0.2, 0.25) is 5.90 Å². The Balaban J connectivity index is 1.35. The molecule has 1 aliphatic heterocycles. The number of ether oxygens (including phenoxy) is 2. The Hall–Kier alpha value is -4.72. The van der Waals surface area contributed by atoms with Crippen LogP contribution in [0.2, 0.25) is 0 Å². The van der Waals surface area contributed by atoms with E-state index in [0.717, 1.165) is 34.4 Å². The van der Waals surface area contributed by atoms with Crippen LogP contribution in [0.15, 0.2) is 120 Å². The Morgan fingerprint density at radius 1 is 0.889 bits per heavy atom. The smallest absolute Gasteiger partial charge is 0.266 e. The molecular formula is C38H39N3O4. The van der Waals surface area contributed by atoms with Crippen molar-refractivity contribution < 1.29 is 19.4 Å². The summed E-state index contributed by atoms with van der Waals surface area (Å²) in [5, 5.41) is 9.07. The Morgan fingerprint density at radius 3 is 2.24 bits per heavy atom. The number of hydrazine groups is 1. The maximum Gasteiger partial charge on any atom is 0.266 e. The number of amides is 1. The largest absolute Gasteiger partial charge is 0.494 e. The number of hydrogen-bond donors (Lipinski definition) is 3. The molecule has 6 rings (SSSR count).